The maximum Gasteiger partial charge on any atom is 0.268 e. The third-order valence-corrected chi connectivity index (χ3v) is 3.94. The number of thiophene rings is 1. The van der Waals surface area contributed by atoms with Crippen LogP contribution in [-0.2, 0) is 13.0 Å². The Morgan fingerprint density at radius 2 is 2.25 bits per heavy atom. The molecule has 2 rings (SSSR count). The lowest BCUT2D eigenvalue weighted by Gasteiger charge is -2.12. The molecule has 20 heavy (non-hydrogen) atoms. The van der Waals surface area contributed by atoms with Gasteiger partial charge in [0.05, 0.1) is 18.4 Å². The highest BCUT2D eigenvalue weighted by Gasteiger charge is 2.01. The van der Waals surface area contributed by atoms with E-state index >= 15 is 0 Å². The van der Waals surface area contributed by atoms with E-state index in [0.29, 0.717) is 6.54 Å². The maximum absolute atomic E-state index is 11.8. The van der Waals surface area contributed by atoms with Gasteiger partial charge in [-0.25, -0.2) is 4.68 Å². The van der Waals surface area contributed by atoms with Crippen molar-refractivity contribution < 1.29 is 0 Å². The Bertz CT molecular complexity index is 577. The molecule has 0 fully saturated rings. The zero-order valence-electron chi connectivity index (χ0n) is 11.9. The minimum atomic E-state index is -0.0590. The smallest absolute Gasteiger partial charge is 0.268 e. The van der Waals surface area contributed by atoms with E-state index in [2.05, 4.69) is 27.9 Å². The van der Waals surface area contributed by atoms with E-state index < -0.39 is 0 Å². The molecule has 0 aliphatic carbocycles. The summed E-state index contributed by atoms with van der Waals surface area (Å²) >= 11 is 1.77. The fourth-order valence-corrected chi connectivity index (χ4v) is 2.52. The number of nitrogens with zero attached hydrogens (tertiary/aromatic N) is 3. The van der Waals surface area contributed by atoms with Crippen molar-refractivity contribution in [2.75, 3.05) is 32.1 Å². The molecule has 2 heterocycles. The summed E-state index contributed by atoms with van der Waals surface area (Å²) in [7, 11) is 3.79. The highest BCUT2D eigenvalue weighted by molar-refractivity contribution is 7.09. The average molecular weight is 292 g/mol. The Kier molecular flexibility index (Phi) is 5.31. The van der Waals surface area contributed by atoms with Crippen molar-refractivity contribution in [3.63, 3.8) is 0 Å². The zero-order chi connectivity index (χ0) is 14.4. The van der Waals surface area contributed by atoms with Gasteiger partial charge in [-0.2, -0.15) is 5.10 Å². The molecular formula is C14H20N4OS. The van der Waals surface area contributed by atoms with Gasteiger partial charge >= 0.3 is 0 Å². The number of hydrogen-bond donors (Lipinski definition) is 1. The van der Waals surface area contributed by atoms with Crippen LogP contribution in [0.1, 0.15) is 4.88 Å². The van der Waals surface area contributed by atoms with Gasteiger partial charge in [0.1, 0.15) is 0 Å². The molecule has 0 amide bonds. The van der Waals surface area contributed by atoms with Crippen LogP contribution >= 0.6 is 11.3 Å². The summed E-state index contributed by atoms with van der Waals surface area (Å²) in [5.74, 6) is 0. The summed E-state index contributed by atoms with van der Waals surface area (Å²) in [6.07, 6.45) is 2.74. The van der Waals surface area contributed by atoms with E-state index in [9.17, 15) is 4.79 Å². The Hall–Kier alpha value is -1.66. The van der Waals surface area contributed by atoms with E-state index in [0.717, 1.165) is 25.2 Å². The minimum Gasteiger partial charge on any atom is -0.376 e. The van der Waals surface area contributed by atoms with Gasteiger partial charge in [-0.1, -0.05) is 6.07 Å². The number of aromatic nitrogens is 2. The van der Waals surface area contributed by atoms with Gasteiger partial charge in [0.15, 0.2) is 0 Å². The minimum absolute atomic E-state index is 0.0590. The SMILES string of the molecule is CN(C)c1cnn(CCNCCc2cccs2)c(=O)c1. The summed E-state index contributed by atoms with van der Waals surface area (Å²) in [6, 6.07) is 5.81. The molecule has 0 aliphatic rings. The molecule has 0 aliphatic heterocycles. The Balaban J connectivity index is 1.75. The van der Waals surface area contributed by atoms with Gasteiger partial charge in [-0.15, -0.1) is 11.3 Å². The van der Waals surface area contributed by atoms with E-state index in [1.54, 1.807) is 23.6 Å². The van der Waals surface area contributed by atoms with Crippen LogP contribution in [0, 0.1) is 0 Å². The fraction of sp³-hybridized carbons (Fsp3) is 0.429. The highest BCUT2D eigenvalue weighted by atomic mass is 32.1. The van der Waals surface area contributed by atoms with Gasteiger partial charge < -0.3 is 10.2 Å². The molecular weight excluding hydrogens is 272 g/mol. The first kappa shape index (κ1) is 14.7. The summed E-state index contributed by atoms with van der Waals surface area (Å²) < 4.78 is 1.49. The second kappa shape index (κ2) is 7.21. The van der Waals surface area contributed by atoms with Crippen LogP contribution in [-0.4, -0.2) is 37.0 Å². The van der Waals surface area contributed by atoms with Crippen molar-refractivity contribution in [2.24, 2.45) is 0 Å². The summed E-state index contributed by atoms with van der Waals surface area (Å²) in [5.41, 5.74) is 0.771. The Morgan fingerprint density at radius 1 is 1.40 bits per heavy atom. The first-order valence-electron chi connectivity index (χ1n) is 6.64. The van der Waals surface area contributed by atoms with E-state index in [1.165, 1.54) is 9.56 Å². The molecule has 2 aromatic rings. The van der Waals surface area contributed by atoms with Crippen LogP contribution in [0.3, 0.4) is 0 Å². The van der Waals surface area contributed by atoms with Gasteiger partial charge in [-0.3, -0.25) is 4.79 Å². The molecule has 0 spiro atoms. The average Bonchev–Trinajstić information content (AvgIpc) is 2.93. The molecule has 2 aromatic heterocycles. The van der Waals surface area contributed by atoms with Gasteiger partial charge in [0, 0.05) is 38.1 Å². The second-order valence-electron chi connectivity index (χ2n) is 4.75. The number of rotatable bonds is 7. The molecule has 0 saturated carbocycles. The third kappa shape index (κ3) is 4.18. The molecule has 0 atom stereocenters. The monoisotopic (exact) mass is 292 g/mol. The maximum atomic E-state index is 11.8. The molecule has 0 unspecified atom stereocenters. The van der Waals surface area contributed by atoms with Gasteiger partial charge in [-0.05, 0) is 17.9 Å². The lowest BCUT2D eigenvalue weighted by Crippen LogP contribution is -2.30. The molecule has 6 heteroatoms. The van der Waals surface area contributed by atoms with E-state index in [-0.39, 0.29) is 5.56 Å². The molecule has 0 saturated heterocycles. The molecule has 5 nitrogen and oxygen atoms in total. The number of anilines is 1. The zero-order valence-corrected chi connectivity index (χ0v) is 12.7. The van der Waals surface area contributed by atoms with Crippen LogP contribution in [0.25, 0.3) is 0 Å². The van der Waals surface area contributed by atoms with Crippen LogP contribution in [0.5, 0.6) is 0 Å². The first-order valence-corrected chi connectivity index (χ1v) is 7.52. The lowest BCUT2D eigenvalue weighted by atomic mass is 10.3. The highest BCUT2D eigenvalue weighted by Crippen LogP contribution is 2.08. The van der Waals surface area contributed by atoms with Crippen molar-refractivity contribution >= 4 is 17.0 Å². The molecule has 108 valence electrons. The predicted molar refractivity (Wildman–Crippen MR) is 83.7 cm³/mol. The van der Waals surface area contributed by atoms with Crippen molar-refractivity contribution in [3.8, 4) is 0 Å². The van der Waals surface area contributed by atoms with Crippen molar-refractivity contribution in [3.05, 3.63) is 45.0 Å². The topological polar surface area (TPSA) is 50.2 Å². The Labute approximate surface area is 122 Å². The number of nitrogens with one attached hydrogen (secondary N) is 1. The second-order valence-corrected chi connectivity index (χ2v) is 5.78. The van der Waals surface area contributed by atoms with E-state index in [1.807, 2.05) is 19.0 Å². The molecule has 1 N–H and O–H groups in total. The molecule has 0 aromatic carbocycles. The largest absolute Gasteiger partial charge is 0.376 e. The lowest BCUT2D eigenvalue weighted by molar-refractivity contribution is 0.534. The quantitative estimate of drug-likeness (QED) is 0.779. The fourth-order valence-electron chi connectivity index (χ4n) is 1.81. The van der Waals surface area contributed by atoms with Gasteiger partial charge in [0.2, 0.25) is 0 Å². The predicted octanol–water partition coefficient (Wildman–Crippen LogP) is 1.20. The first-order chi connectivity index (χ1) is 9.66. The summed E-state index contributed by atoms with van der Waals surface area (Å²) in [4.78, 5) is 15.1. The van der Waals surface area contributed by atoms with Crippen molar-refractivity contribution in [1.29, 1.82) is 0 Å². The summed E-state index contributed by atoms with van der Waals surface area (Å²) in [5, 5.41) is 9.59. The summed E-state index contributed by atoms with van der Waals surface area (Å²) in [6.45, 7) is 2.27. The molecule has 0 radical (unpaired) electrons. The van der Waals surface area contributed by atoms with Crippen LogP contribution in [0.4, 0.5) is 5.69 Å². The van der Waals surface area contributed by atoms with E-state index in [4.69, 9.17) is 0 Å². The normalized spacial score (nSPS) is 10.7. The molecule has 0 bridgehead atoms. The van der Waals surface area contributed by atoms with Crippen LogP contribution < -0.4 is 15.8 Å². The van der Waals surface area contributed by atoms with Crippen LogP contribution in [0.15, 0.2) is 34.6 Å². The number of hydrogen-bond acceptors (Lipinski definition) is 5. The van der Waals surface area contributed by atoms with Crippen molar-refractivity contribution in [1.82, 2.24) is 15.1 Å². The Morgan fingerprint density at radius 3 is 2.90 bits per heavy atom. The van der Waals surface area contributed by atoms with Crippen molar-refractivity contribution in [2.45, 2.75) is 13.0 Å². The third-order valence-electron chi connectivity index (χ3n) is 3.00. The van der Waals surface area contributed by atoms with Gasteiger partial charge in [0.25, 0.3) is 5.56 Å². The van der Waals surface area contributed by atoms with Crippen LogP contribution in [0.2, 0.25) is 0 Å². The standard InChI is InChI=1S/C14H20N4OS/c1-17(2)12-10-14(19)18(16-11-12)8-7-15-6-5-13-4-3-9-20-13/h3-4,9-11,15H,5-8H2,1-2H3.